The average Bonchev–Trinajstić information content (AvgIpc) is 2.75. The molecular formula is C12H16N4. The molecule has 0 saturated carbocycles. The van der Waals surface area contributed by atoms with Crippen molar-refractivity contribution < 1.29 is 0 Å². The molecule has 84 valence electrons. The second kappa shape index (κ2) is 5.42. The van der Waals surface area contributed by atoms with Gasteiger partial charge in [-0.1, -0.05) is 6.92 Å². The van der Waals surface area contributed by atoms with Crippen LogP contribution in [0.1, 0.15) is 18.3 Å². The zero-order chi connectivity index (χ0) is 11.2. The lowest BCUT2D eigenvalue weighted by Gasteiger charge is -2.01. The van der Waals surface area contributed by atoms with Crippen LogP contribution in [0.15, 0.2) is 36.9 Å². The fraction of sp³-hybridized carbons (Fsp3) is 0.333. The van der Waals surface area contributed by atoms with Crippen LogP contribution in [0.3, 0.4) is 0 Å². The Morgan fingerprint density at radius 2 is 2.12 bits per heavy atom. The van der Waals surface area contributed by atoms with Crippen LogP contribution < -0.4 is 5.32 Å². The van der Waals surface area contributed by atoms with E-state index >= 15 is 0 Å². The number of aromatic nitrogens is 3. The molecule has 0 radical (unpaired) electrons. The van der Waals surface area contributed by atoms with Crippen molar-refractivity contribution in [2.75, 3.05) is 6.54 Å². The first kappa shape index (κ1) is 10.8. The minimum atomic E-state index is 0.729. The Morgan fingerprint density at radius 1 is 1.31 bits per heavy atom. The fourth-order valence-electron chi connectivity index (χ4n) is 1.54. The van der Waals surface area contributed by atoms with E-state index in [-0.39, 0.29) is 0 Å². The smallest absolute Gasteiger partial charge is 0.147 e. The summed E-state index contributed by atoms with van der Waals surface area (Å²) in [7, 11) is 0. The zero-order valence-electron chi connectivity index (χ0n) is 9.43. The van der Waals surface area contributed by atoms with Gasteiger partial charge in [-0.15, -0.1) is 0 Å². The van der Waals surface area contributed by atoms with E-state index in [2.05, 4.69) is 45.2 Å². The molecular weight excluding hydrogens is 200 g/mol. The highest BCUT2D eigenvalue weighted by Crippen LogP contribution is 2.02. The molecule has 0 spiro atoms. The summed E-state index contributed by atoms with van der Waals surface area (Å²) in [4.78, 5) is 8.40. The molecule has 1 N–H and O–H groups in total. The Hall–Kier alpha value is -1.68. The van der Waals surface area contributed by atoms with Crippen molar-refractivity contribution >= 4 is 0 Å². The molecule has 0 bridgehead atoms. The van der Waals surface area contributed by atoms with E-state index in [4.69, 9.17) is 0 Å². The Balaban J connectivity index is 1.97. The molecule has 0 aliphatic carbocycles. The molecule has 2 aromatic heterocycles. The summed E-state index contributed by atoms with van der Waals surface area (Å²) in [6.45, 7) is 4.74. The second-order valence-corrected chi connectivity index (χ2v) is 3.64. The predicted octanol–water partition coefficient (Wildman–Crippen LogP) is 1.44. The Kier molecular flexibility index (Phi) is 3.66. The first-order valence-electron chi connectivity index (χ1n) is 5.49. The fourth-order valence-corrected chi connectivity index (χ4v) is 1.54. The molecule has 4 heteroatoms. The standard InChI is InChI=1S/C12H16N4/c1-2-13-8-11-4-7-16(9-11)10-12-14-5-3-6-15-12/h3-7,9,13H,2,8,10H2,1H3. The highest BCUT2D eigenvalue weighted by Gasteiger charge is 1.98. The van der Waals surface area contributed by atoms with Gasteiger partial charge in [0.15, 0.2) is 0 Å². The van der Waals surface area contributed by atoms with E-state index < -0.39 is 0 Å². The summed E-state index contributed by atoms with van der Waals surface area (Å²) in [5.41, 5.74) is 1.29. The molecule has 2 rings (SSSR count). The molecule has 16 heavy (non-hydrogen) atoms. The van der Waals surface area contributed by atoms with Crippen molar-refractivity contribution in [1.82, 2.24) is 19.9 Å². The Morgan fingerprint density at radius 3 is 2.88 bits per heavy atom. The topological polar surface area (TPSA) is 42.7 Å². The van der Waals surface area contributed by atoms with Gasteiger partial charge in [-0.25, -0.2) is 9.97 Å². The van der Waals surface area contributed by atoms with Gasteiger partial charge in [-0.3, -0.25) is 0 Å². The molecule has 0 aromatic carbocycles. The van der Waals surface area contributed by atoms with Gasteiger partial charge in [0.1, 0.15) is 5.82 Å². The van der Waals surface area contributed by atoms with Crippen LogP contribution in [0.25, 0.3) is 0 Å². The lowest BCUT2D eigenvalue weighted by Crippen LogP contribution is -2.11. The Labute approximate surface area is 95.4 Å². The van der Waals surface area contributed by atoms with Gasteiger partial charge in [0, 0.05) is 31.3 Å². The molecule has 0 atom stereocenters. The van der Waals surface area contributed by atoms with Crippen molar-refractivity contribution in [3.05, 3.63) is 48.3 Å². The van der Waals surface area contributed by atoms with Gasteiger partial charge in [-0.2, -0.15) is 0 Å². The monoisotopic (exact) mass is 216 g/mol. The number of nitrogens with zero attached hydrogens (tertiary/aromatic N) is 3. The van der Waals surface area contributed by atoms with Gasteiger partial charge < -0.3 is 9.88 Å². The maximum atomic E-state index is 4.20. The number of rotatable bonds is 5. The van der Waals surface area contributed by atoms with Crippen molar-refractivity contribution in [1.29, 1.82) is 0 Å². The van der Waals surface area contributed by atoms with Crippen LogP contribution in [0.5, 0.6) is 0 Å². The molecule has 2 heterocycles. The number of hydrogen-bond donors (Lipinski definition) is 1. The molecule has 4 nitrogen and oxygen atoms in total. The maximum absolute atomic E-state index is 4.20. The van der Waals surface area contributed by atoms with Crippen LogP contribution in [-0.2, 0) is 13.1 Å². The van der Waals surface area contributed by atoms with Crippen LogP contribution in [0, 0.1) is 0 Å². The third-order valence-electron chi connectivity index (χ3n) is 2.33. The van der Waals surface area contributed by atoms with E-state index in [1.54, 1.807) is 12.4 Å². The van der Waals surface area contributed by atoms with E-state index in [0.29, 0.717) is 0 Å². The van der Waals surface area contributed by atoms with Crippen molar-refractivity contribution in [2.45, 2.75) is 20.0 Å². The predicted molar refractivity (Wildman–Crippen MR) is 62.9 cm³/mol. The average molecular weight is 216 g/mol. The minimum Gasteiger partial charge on any atom is -0.346 e. The summed E-state index contributed by atoms with van der Waals surface area (Å²) in [5, 5.41) is 3.30. The first-order valence-corrected chi connectivity index (χ1v) is 5.49. The SMILES string of the molecule is CCNCc1ccn(Cc2ncccn2)c1. The Bertz CT molecular complexity index is 422. The second-order valence-electron chi connectivity index (χ2n) is 3.64. The minimum absolute atomic E-state index is 0.729. The van der Waals surface area contributed by atoms with Crippen molar-refractivity contribution in [2.24, 2.45) is 0 Å². The summed E-state index contributed by atoms with van der Waals surface area (Å²) >= 11 is 0. The van der Waals surface area contributed by atoms with Gasteiger partial charge in [0.25, 0.3) is 0 Å². The van der Waals surface area contributed by atoms with Gasteiger partial charge in [0.2, 0.25) is 0 Å². The third kappa shape index (κ3) is 2.90. The molecule has 2 aromatic rings. The van der Waals surface area contributed by atoms with Gasteiger partial charge in [-0.05, 0) is 24.2 Å². The lowest BCUT2D eigenvalue weighted by molar-refractivity contribution is 0.714. The van der Waals surface area contributed by atoms with E-state index in [1.807, 2.05) is 6.07 Å². The molecule has 0 amide bonds. The summed E-state index contributed by atoms with van der Waals surface area (Å²) in [5.74, 6) is 0.841. The lowest BCUT2D eigenvalue weighted by atomic mass is 10.3. The normalized spacial score (nSPS) is 10.6. The van der Waals surface area contributed by atoms with Crippen LogP contribution in [-0.4, -0.2) is 21.1 Å². The maximum Gasteiger partial charge on any atom is 0.147 e. The van der Waals surface area contributed by atoms with Crippen LogP contribution in [0.4, 0.5) is 0 Å². The molecule has 0 fully saturated rings. The van der Waals surface area contributed by atoms with E-state index in [0.717, 1.165) is 25.5 Å². The van der Waals surface area contributed by atoms with Gasteiger partial charge in [0.05, 0.1) is 6.54 Å². The largest absolute Gasteiger partial charge is 0.346 e. The quantitative estimate of drug-likeness (QED) is 0.822. The number of hydrogen-bond acceptors (Lipinski definition) is 3. The highest BCUT2D eigenvalue weighted by molar-refractivity contribution is 5.10. The van der Waals surface area contributed by atoms with E-state index in [1.165, 1.54) is 5.56 Å². The molecule has 0 saturated heterocycles. The van der Waals surface area contributed by atoms with Crippen LogP contribution in [0.2, 0.25) is 0 Å². The summed E-state index contributed by atoms with van der Waals surface area (Å²) in [6, 6.07) is 3.95. The summed E-state index contributed by atoms with van der Waals surface area (Å²) < 4.78 is 2.10. The molecule has 0 aliphatic heterocycles. The van der Waals surface area contributed by atoms with Gasteiger partial charge >= 0.3 is 0 Å². The number of nitrogens with one attached hydrogen (secondary N) is 1. The summed E-state index contributed by atoms with van der Waals surface area (Å²) in [6.07, 6.45) is 7.72. The molecule has 0 aliphatic rings. The van der Waals surface area contributed by atoms with E-state index in [9.17, 15) is 0 Å². The van der Waals surface area contributed by atoms with Crippen molar-refractivity contribution in [3.63, 3.8) is 0 Å². The van der Waals surface area contributed by atoms with Crippen LogP contribution >= 0.6 is 0 Å². The third-order valence-corrected chi connectivity index (χ3v) is 2.33. The molecule has 0 unspecified atom stereocenters. The first-order chi connectivity index (χ1) is 7.88. The van der Waals surface area contributed by atoms with Crippen molar-refractivity contribution in [3.8, 4) is 0 Å². The zero-order valence-corrected chi connectivity index (χ0v) is 9.43. The highest BCUT2D eigenvalue weighted by atomic mass is 15.0.